The summed E-state index contributed by atoms with van der Waals surface area (Å²) in [6, 6.07) is -0.524. The predicted molar refractivity (Wildman–Crippen MR) is 58.4 cm³/mol. The Bertz CT molecular complexity index is 313. The minimum Gasteiger partial charge on any atom is -0.444 e. The zero-order valence-corrected chi connectivity index (χ0v) is 10.2. The van der Waals surface area contributed by atoms with Gasteiger partial charge in [0.2, 0.25) is 0 Å². The van der Waals surface area contributed by atoms with Gasteiger partial charge in [0, 0.05) is 0 Å². The second-order valence-electron chi connectivity index (χ2n) is 5.61. The molecule has 1 aliphatic carbocycles. The summed E-state index contributed by atoms with van der Waals surface area (Å²) < 4.78 is 10.3. The molecule has 2 fully saturated rings. The molecule has 2 rings (SSSR count). The Morgan fingerprint density at radius 1 is 1.35 bits per heavy atom. The van der Waals surface area contributed by atoms with Crippen molar-refractivity contribution in [3.8, 4) is 0 Å². The number of rotatable bonds is 1. The fourth-order valence-electron chi connectivity index (χ4n) is 2.07. The van der Waals surface area contributed by atoms with Crippen LogP contribution in [-0.4, -0.2) is 52.4 Å². The van der Waals surface area contributed by atoms with Gasteiger partial charge in [-0.05, 0) is 27.2 Å². The molecule has 6 heteroatoms. The Balaban J connectivity index is 1.88. The average molecular weight is 245 g/mol. The standard InChI is InChI=1S/C11H19NO5/c1-11(2,3)17-10(15)12-5-4-6-9(16-6)8(14)7(5)13/h5-9,13-14H,4H2,1-3H3,(H,12,15)/t5-,6+,7-,8-,9+/m0/s1. The molecule has 1 amide bonds. The molecule has 98 valence electrons. The Hall–Kier alpha value is -0.850. The highest BCUT2D eigenvalue weighted by Crippen LogP contribution is 2.37. The van der Waals surface area contributed by atoms with Crippen molar-refractivity contribution in [3.05, 3.63) is 0 Å². The number of aliphatic hydroxyl groups excluding tert-OH is 2. The molecule has 0 unspecified atom stereocenters. The molecule has 0 radical (unpaired) electrons. The Morgan fingerprint density at radius 3 is 2.59 bits per heavy atom. The smallest absolute Gasteiger partial charge is 0.407 e. The lowest BCUT2D eigenvalue weighted by Crippen LogP contribution is -2.54. The number of fused-ring (bicyclic) bond motifs is 1. The molecule has 1 saturated heterocycles. The maximum Gasteiger partial charge on any atom is 0.407 e. The van der Waals surface area contributed by atoms with Crippen LogP contribution in [0, 0.1) is 0 Å². The van der Waals surface area contributed by atoms with Crippen LogP contribution in [0.1, 0.15) is 27.2 Å². The minimum atomic E-state index is -1.01. The van der Waals surface area contributed by atoms with E-state index in [0.29, 0.717) is 6.42 Å². The van der Waals surface area contributed by atoms with E-state index in [-0.39, 0.29) is 12.2 Å². The number of hydrogen-bond acceptors (Lipinski definition) is 5. The molecule has 0 spiro atoms. The molecule has 0 bridgehead atoms. The van der Waals surface area contributed by atoms with E-state index in [4.69, 9.17) is 9.47 Å². The van der Waals surface area contributed by atoms with Crippen LogP contribution in [-0.2, 0) is 9.47 Å². The monoisotopic (exact) mass is 245 g/mol. The number of aliphatic hydroxyl groups is 2. The van der Waals surface area contributed by atoms with E-state index in [2.05, 4.69) is 5.32 Å². The van der Waals surface area contributed by atoms with Gasteiger partial charge >= 0.3 is 6.09 Å². The number of carbonyl (C=O) groups is 1. The molecular formula is C11H19NO5. The summed E-state index contributed by atoms with van der Waals surface area (Å²) in [6.07, 6.45) is -2.37. The lowest BCUT2D eigenvalue weighted by atomic mass is 9.90. The quantitative estimate of drug-likeness (QED) is 0.555. The fraction of sp³-hybridized carbons (Fsp3) is 0.909. The largest absolute Gasteiger partial charge is 0.444 e. The van der Waals surface area contributed by atoms with Gasteiger partial charge in [0.25, 0.3) is 0 Å². The molecule has 1 aliphatic heterocycles. The van der Waals surface area contributed by atoms with Gasteiger partial charge in [-0.1, -0.05) is 0 Å². The number of amides is 1. The van der Waals surface area contributed by atoms with Crippen molar-refractivity contribution < 1.29 is 24.5 Å². The highest BCUT2D eigenvalue weighted by molar-refractivity contribution is 5.68. The third-order valence-corrected chi connectivity index (χ3v) is 2.91. The van der Waals surface area contributed by atoms with Gasteiger partial charge in [-0.25, -0.2) is 4.79 Å². The number of alkyl carbamates (subject to hydrolysis) is 1. The van der Waals surface area contributed by atoms with Gasteiger partial charge in [-0.3, -0.25) is 0 Å². The van der Waals surface area contributed by atoms with Crippen LogP contribution in [0.4, 0.5) is 4.79 Å². The molecule has 5 atom stereocenters. The highest BCUT2D eigenvalue weighted by Gasteiger charge is 2.54. The number of nitrogens with one attached hydrogen (secondary N) is 1. The minimum absolute atomic E-state index is 0.0617. The lowest BCUT2D eigenvalue weighted by Gasteiger charge is -2.30. The number of ether oxygens (including phenoxy) is 2. The average Bonchev–Trinajstić information content (AvgIpc) is 2.89. The predicted octanol–water partition coefficient (Wildman–Crippen LogP) is -0.227. The number of epoxide rings is 1. The first-order valence-electron chi connectivity index (χ1n) is 5.79. The molecule has 0 aromatic carbocycles. The van der Waals surface area contributed by atoms with Gasteiger partial charge in [-0.15, -0.1) is 0 Å². The fourth-order valence-corrected chi connectivity index (χ4v) is 2.07. The topological polar surface area (TPSA) is 91.3 Å². The van der Waals surface area contributed by atoms with E-state index in [9.17, 15) is 15.0 Å². The number of hydrogen-bond donors (Lipinski definition) is 3. The summed E-state index contributed by atoms with van der Waals surface area (Å²) in [6.45, 7) is 5.29. The van der Waals surface area contributed by atoms with Crippen molar-refractivity contribution in [2.45, 2.75) is 63.3 Å². The molecule has 6 nitrogen and oxygen atoms in total. The molecule has 3 N–H and O–H groups in total. The summed E-state index contributed by atoms with van der Waals surface area (Å²) in [5, 5.41) is 22.0. The molecular weight excluding hydrogens is 226 g/mol. The van der Waals surface area contributed by atoms with Gasteiger partial charge in [-0.2, -0.15) is 0 Å². The van der Waals surface area contributed by atoms with Crippen molar-refractivity contribution in [2.75, 3.05) is 0 Å². The third-order valence-electron chi connectivity index (χ3n) is 2.91. The zero-order valence-electron chi connectivity index (χ0n) is 10.2. The molecule has 1 saturated carbocycles. The summed E-state index contributed by atoms with van der Waals surface area (Å²) in [4.78, 5) is 11.5. The maximum atomic E-state index is 11.5. The van der Waals surface area contributed by atoms with Crippen LogP contribution >= 0.6 is 0 Å². The third kappa shape index (κ3) is 2.88. The number of carbonyl (C=O) groups excluding carboxylic acids is 1. The summed E-state index contributed by atoms with van der Waals surface area (Å²) in [5.41, 5.74) is -0.582. The summed E-state index contributed by atoms with van der Waals surface area (Å²) >= 11 is 0. The Labute approximate surface area is 99.9 Å². The molecule has 17 heavy (non-hydrogen) atoms. The van der Waals surface area contributed by atoms with E-state index in [1.54, 1.807) is 20.8 Å². The van der Waals surface area contributed by atoms with Crippen molar-refractivity contribution in [1.82, 2.24) is 5.32 Å². The second kappa shape index (κ2) is 4.12. The first kappa shape index (κ1) is 12.6. The van der Waals surface area contributed by atoms with Crippen molar-refractivity contribution in [2.24, 2.45) is 0 Å². The molecule has 1 heterocycles. The van der Waals surface area contributed by atoms with Crippen molar-refractivity contribution in [3.63, 3.8) is 0 Å². The van der Waals surface area contributed by atoms with E-state index >= 15 is 0 Å². The first-order valence-corrected chi connectivity index (χ1v) is 5.79. The first-order chi connectivity index (χ1) is 7.78. The zero-order chi connectivity index (χ0) is 12.8. The Morgan fingerprint density at radius 2 is 2.00 bits per heavy atom. The van der Waals surface area contributed by atoms with Gasteiger partial charge < -0.3 is 25.0 Å². The maximum absolute atomic E-state index is 11.5. The summed E-state index contributed by atoms with van der Waals surface area (Å²) in [5.74, 6) is 0. The van der Waals surface area contributed by atoms with E-state index < -0.39 is 29.9 Å². The van der Waals surface area contributed by atoms with E-state index in [0.717, 1.165) is 0 Å². The van der Waals surface area contributed by atoms with E-state index in [1.807, 2.05) is 0 Å². The van der Waals surface area contributed by atoms with Crippen LogP contribution in [0.3, 0.4) is 0 Å². The van der Waals surface area contributed by atoms with Gasteiger partial charge in [0.05, 0.1) is 12.1 Å². The van der Waals surface area contributed by atoms with Crippen LogP contribution in [0.2, 0.25) is 0 Å². The van der Waals surface area contributed by atoms with E-state index in [1.165, 1.54) is 0 Å². The van der Waals surface area contributed by atoms with Crippen molar-refractivity contribution >= 4 is 6.09 Å². The van der Waals surface area contributed by atoms with Crippen LogP contribution in [0.15, 0.2) is 0 Å². The molecule has 2 aliphatic rings. The van der Waals surface area contributed by atoms with Crippen LogP contribution in [0.25, 0.3) is 0 Å². The summed E-state index contributed by atoms with van der Waals surface area (Å²) in [7, 11) is 0. The van der Waals surface area contributed by atoms with Crippen molar-refractivity contribution in [1.29, 1.82) is 0 Å². The van der Waals surface area contributed by atoms with Crippen LogP contribution in [0.5, 0.6) is 0 Å². The lowest BCUT2D eigenvalue weighted by molar-refractivity contribution is -0.0267. The highest BCUT2D eigenvalue weighted by atomic mass is 16.6. The molecule has 0 aromatic rings. The van der Waals surface area contributed by atoms with Gasteiger partial charge in [0.15, 0.2) is 0 Å². The molecule has 0 aromatic heterocycles. The van der Waals surface area contributed by atoms with Crippen LogP contribution < -0.4 is 5.32 Å². The normalized spacial score (nSPS) is 40.4. The second-order valence-corrected chi connectivity index (χ2v) is 5.61. The Kier molecular flexibility index (Phi) is 3.05. The SMILES string of the molecule is CC(C)(C)OC(=O)N[C@H]1C[C@H]2O[C@H]2[C@@H](O)[C@H]1O. The van der Waals surface area contributed by atoms with Gasteiger partial charge in [0.1, 0.15) is 23.9 Å².